The van der Waals surface area contributed by atoms with E-state index < -0.39 is 10.8 Å². The second kappa shape index (κ2) is 11.3. The highest BCUT2D eigenvalue weighted by Crippen LogP contribution is 2.01. The van der Waals surface area contributed by atoms with E-state index in [4.69, 9.17) is 11.6 Å². The summed E-state index contributed by atoms with van der Waals surface area (Å²) < 4.78 is 9.56. The van der Waals surface area contributed by atoms with Gasteiger partial charge in [0.25, 0.3) is 0 Å². The number of nitrogens with zero attached hydrogens (tertiary/aromatic N) is 2. The molecule has 0 aromatic carbocycles. The maximum atomic E-state index is 9.56. The van der Waals surface area contributed by atoms with Gasteiger partial charge in [0, 0.05) is 46.9 Å². The number of hydrogen-bond acceptors (Lipinski definition) is 3. The largest absolute Gasteiger partial charge is 0.265 e. The van der Waals surface area contributed by atoms with Crippen LogP contribution in [-0.2, 0) is 10.8 Å². The lowest BCUT2D eigenvalue weighted by Crippen LogP contribution is -1.91. The van der Waals surface area contributed by atoms with Crippen molar-refractivity contribution < 1.29 is 4.21 Å². The van der Waals surface area contributed by atoms with E-state index in [1.54, 1.807) is 43.2 Å². The van der Waals surface area contributed by atoms with Gasteiger partial charge in [0.15, 0.2) is 0 Å². The van der Waals surface area contributed by atoms with Crippen molar-refractivity contribution in [3.8, 4) is 0 Å². The van der Waals surface area contributed by atoms with Gasteiger partial charge in [-0.1, -0.05) is 26.9 Å². The Kier molecular flexibility index (Phi) is 10.8. The van der Waals surface area contributed by atoms with Crippen LogP contribution in [-0.4, -0.2) is 26.7 Å². The molecule has 2 rings (SSSR count). The molecular formula is C12H16ClN2OPS. The molecule has 0 aliphatic heterocycles. The van der Waals surface area contributed by atoms with Crippen molar-refractivity contribution in [3.63, 3.8) is 0 Å². The van der Waals surface area contributed by atoms with Crippen LogP contribution in [0.4, 0.5) is 0 Å². The standard InChI is InChI=1S/C5H4ClN.C5H6NP.C2H6OS/c6-5-1-3-7-4-2-5;7-5-3-1-2-4-6-5;1-4(2)3/h1-4H;1-4H,7H2;1-2H3. The monoisotopic (exact) mass is 302 g/mol. The molecule has 2 aromatic rings. The van der Waals surface area contributed by atoms with Gasteiger partial charge < -0.3 is 0 Å². The normalized spacial score (nSPS) is 8.72. The topological polar surface area (TPSA) is 42.9 Å². The SMILES string of the molecule is CS(C)=O.Clc1ccncc1.Pc1ccccn1. The molecule has 6 heteroatoms. The second-order valence-electron chi connectivity index (χ2n) is 3.16. The van der Waals surface area contributed by atoms with Crippen molar-refractivity contribution in [2.75, 3.05) is 12.5 Å². The van der Waals surface area contributed by atoms with Gasteiger partial charge in [-0.25, -0.2) is 0 Å². The summed E-state index contributed by atoms with van der Waals surface area (Å²) in [6.07, 6.45) is 8.35. The van der Waals surface area contributed by atoms with Gasteiger partial charge >= 0.3 is 0 Å². The molecule has 0 radical (unpaired) electrons. The molecule has 0 aliphatic carbocycles. The minimum absolute atomic E-state index is 0.611. The molecule has 0 N–H and O–H groups in total. The van der Waals surface area contributed by atoms with Gasteiger partial charge in [-0.2, -0.15) is 0 Å². The molecule has 1 atom stereocenters. The first-order chi connectivity index (χ1) is 8.52. The summed E-state index contributed by atoms with van der Waals surface area (Å²) in [6.45, 7) is 0. The number of halogens is 1. The minimum atomic E-state index is -0.611. The summed E-state index contributed by atoms with van der Waals surface area (Å²) in [5.41, 5.74) is 0.988. The highest BCUT2D eigenvalue weighted by Gasteiger charge is 1.76. The van der Waals surface area contributed by atoms with Crippen LogP contribution in [0.15, 0.2) is 48.9 Å². The van der Waals surface area contributed by atoms with Gasteiger partial charge in [-0.15, -0.1) is 0 Å². The molecule has 0 amide bonds. The summed E-state index contributed by atoms with van der Waals surface area (Å²) in [5, 5.41) is 0.731. The highest BCUT2D eigenvalue weighted by molar-refractivity contribution is 7.83. The third-order valence-electron chi connectivity index (χ3n) is 1.33. The van der Waals surface area contributed by atoms with Crippen LogP contribution in [0.3, 0.4) is 0 Å². The van der Waals surface area contributed by atoms with Crippen LogP contribution in [0.25, 0.3) is 0 Å². The first-order valence-electron chi connectivity index (χ1n) is 4.99. The van der Waals surface area contributed by atoms with E-state index in [0.29, 0.717) is 0 Å². The average Bonchev–Trinajstić information content (AvgIpc) is 2.31. The maximum Gasteiger partial charge on any atom is 0.0569 e. The molecule has 3 nitrogen and oxygen atoms in total. The number of aromatic nitrogens is 2. The van der Waals surface area contributed by atoms with E-state index in [1.807, 2.05) is 18.2 Å². The maximum absolute atomic E-state index is 9.56. The predicted octanol–water partition coefficient (Wildman–Crippen LogP) is 2.31. The first kappa shape index (κ1) is 17.2. The Hall–Kier alpha value is -0.830. The number of rotatable bonds is 0. The molecule has 2 aromatic heterocycles. The van der Waals surface area contributed by atoms with Crippen molar-refractivity contribution in [3.05, 3.63) is 53.9 Å². The summed E-state index contributed by atoms with van der Waals surface area (Å²) in [5.74, 6) is 0. The molecule has 2 heterocycles. The van der Waals surface area contributed by atoms with E-state index in [2.05, 4.69) is 19.2 Å². The Bertz CT molecular complexity index is 401. The molecule has 0 spiro atoms. The van der Waals surface area contributed by atoms with E-state index in [-0.39, 0.29) is 0 Å². The molecule has 0 aliphatic rings. The summed E-state index contributed by atoms with van der Waals surface area (Å²) in [6, 6.07) is 9.26. The minimum Gasteiger partial charge on any atom is -0.265 e. The quantitative estimate of drug-likeness (QED) is 0.701. The van der Waals surface area contributed by atoms with Gasteiger partial charge in [0.2, 0.25) is 0 Å². The fraction of sp³-hybridized carbons (Fsp3) is 0.167. The van der Waals surface area contributed by atoms with Gasteiger partial charge in [-0.05, 0) is 24.3 Å². The molecular weight excluding hydrogens is 287 g/mol. The van der Waals surface area contributed by atoms with Crippen LogP contribution < -0.4 is 5.44 Å². The van der Waals surface area contributed by atoms with Crippen molar-refractivity contribution in [1.82, 2.24) is 9.97 Å². The Labute approximate surface area is 118 Å². The predicted molar refractivity (Wildman–Crippen MR) is 82.8 cm³/mol. The van der Waals surface area contributed by atoms with E-state index in [9.17, 15) is 4.21 Å². The molecule has 0 bridgehead atoms. The van der Waals surface area contributed by atoms with E-state index >= 15 is 0 Å². The zero-order valence-electron chi connectivity index (χ0n) is 10.3. The van der Waals surface area contributed by atoms with Crippen LogP contribution in [0.2, 0.25) is 5.02 Å². The van der Waals surface area contributed by atoms with Crippen LogP contribution in [0.5, 0.6) is 0 Å². The zero-order valence-corrected chi connectivity index (χ0v) is 13.0. The lowest BCUT2D eigenvalue weighted by Gasteiger charge is -1.82. The fourth-order valence-corrected chi connectivity index (χ4v) is 1.02. The smallest absolute Gasteiger partial charge is 0.0569 e. The lowest BCUT2D eigenvalue weighted by atomic mass is 10.5. The summed E-state index contributed by atoms with van der Waals surface area (Å²) in [4.78, 5) is 7.70. The Morgan fingerprint density at radius 3 is 1.89 bits per heavy atom. The second-order valence-corrected chi connectivity index (χ2v) is 5.67. The number of hydrogen-bond donors (Lipinski definition) is 0. The molecule has 1 unspecified atom stereocenters. The molecule has 0 saturated carbocycles. The number of pyridine rings is 2. The van der Waals surface area contributed by atoms with Crippen LogP contribution >= 0.6 is 20.8 Å². The Balaban J connectivity index is 0.000000253. The van der Waals surface area contributed by atoms with Crippen molar-refractivity contribution in [2.45, 2.75) is 0 Å². The third kappa shape index (κ3) is 13.2. The molecule has 18 heavy (non-hydrogen) atoms. The third-order valence-corrected chi connectivity index (χ3v) is 1.92. The Morgan fingerprint density at radius 1 is 1.11 bits per heavy atom. The molecule has 98 valence electrons. The summed E-state index contributed by atoms with van der Waals surface area (Å²) >= 11 is 5.50. The van der Waals surface area contributed by atoms with Crippen LogP contribution in [0.1, 0.15) is 0 Å². The zero-order chi connectivity index (χ0) is 13.8. The van der Waals surface area contributed by atoms with Gasteiger partial charge in [0.05, 0.1) is 5.44 Å². The summed E-state index contributed by atoms with van der Waals surface area (Å²) in [7, 11) is 1.91. The molecule has 0 fully saturated rings. The first-order valence-corrected chi connectivity index (χ1v) is 7.91. The van der Waals surface area contributed by atoms with E-state index in [1.165, 1.54) is 0 Å². The fourth-order valence-electron chi connectivity index (χ4n) is 0.710. The van der Waals surface area contributed by atoms with Crippen molar-refractivity contribution >= 4 is 37.1 Å². The van der Waals surface area contributed by atoms with E-state index in [0.717, 1.165) is 10.5 Å². The van der Waals surface area contributed by atoms with Gasteiger partial charge in [0.1, 0.15) is 0 Å². The van der Waals surface area contributed by atoms with Crippen molar-refractivity contribution in [2.24, 2.45) is 0 Å². The van der Waals surface area contributed by atoms with Crippen LogP contribution in [0, 0.1) is 0 Å². The Morgan fingerprint density at radius 2 is 1.67 bits per heavy atom. The van der Waals surface area contributed by atoms with Crippen molar-refractivity contribution in [1.29, 1.82) is 0 Å². The average molecular weight is 303 g/mol. The lowest BCUT2D eigenvalue weighted by molar-refractivity contribution is 0.690. The molecule has 0 saturated heterocycles. The van der Waals surface area contributed by atoms with Gasteiger partial charge in [-0.3, -0.25) is 14.2 Å². The highest BCUT2D eigenvalue weighted by atomic mass is 35.5.